The van der Waals surface area contributed by atoms with Crippen LogP contribution in [0.25, 0.3) is 0 Å². The lowest BCUT2D eigenvalue weighted by Crippen LogP contribution is -2.29. The Morgan fingerprint density at radius 1 is 1.26 bits per heavy atom. The predicted molar refractivity (Wildman–Crippen MR) is 124 cm³/mol. The van der Waals surface area contributed by atoms with E-state index in [1.807, 2.05) is 12.1 Å². The van der Waals surface area contributed by atoms with Crippen LogP contribution in [-0.4, -0.2) is 43.4 Å². The Hall–Kier alpha value is -3.55. The number of carbonyl (C=O) groups excluding carboxylic acids is 2. The zero-order valence-corrected chi connectivity index (χ0v) is 19.5. The van der Waals surface area contributed by atoms with Crippen molar-refractivity contribution in [3.05, 3.63) is 74.9 Å². The molecule has 0 aliphatic carbocycles. The first-order valence-electron chi connectivity index (χ1n) is 9.64. The molecular weight excluding hydrogens is 508 g/mol. The van der Waals surface area contributed by atoms with Crippen LogP contribution in [0, 0.1) is 10.1 Å². The number of nitrogens with one attached hydrogen (secondary N) is 1. The Morgan fingerprint density at radius 3 is 2.76 bits per heavy atom. The van der Waals surface area contributed by atoms with Gasteiger partial charge in [-0.05, 0) is 47.6 Å². The molecular formula is C20H15ClN4O7S2. The molecule has 176 valence electrons. The number of thiazole rings is 1. The molecule has 0 bridgehead atoms. The van der Waals surface area contributed by atoms with Crippen LogP contribution in [0.5, 0.6) is 0 Å². The normalized spacial score (nSPS) is 12.8. The molecule has 34 heavy (non-hydrogen) atoms. The second-order valence-corrected chi connectivity index (χ2v) is 10.2. The number of sulfonamides is 1. The minimum absolute atomic E-state index is 0.0292. The van der Waals surface area contributed by atoms with Gasteiger partial charge in [-0.3, -0.25) is 24.5 Å². The maximum Gasteiger partial charge on any atom is 0.345 e. The highest BCUT2D eigenvalue weighted by Gasteiger charge is 2.32. The van der Waals surface area contributed by atoms with Crippen molar-refractivity contribution in [2.75, 3.05) is 22.8 Å². The highest BCUT2D eigenvalue weighted by Crippen LogP contribution is 2.35. The number of rotatable bonds is 7. The highest BCUT2D eigenvalue weighted by molar-refractivity contribution is 7.93. The number of anilines is 2. The summed E-state index contributed by atoms with van der Waals surface area (Å²) in [6.07, 6.45) is 1.53. The van der Waals surface area contributed by atoms with E-state index in [9.17, 15) is 28.1 Å². The van der Waals surface area contributed by atoms with Gasteiger partial charge < -0.3 is 4.74 Å². The number of esters is 1. The van der Waals surface area contributed by atoms with Crippen LogP contribution in [-0.2, 0) is 26.0 Å². The molecule has 4 rings (SSSR count). The Balaban J connectivity index is 1.46. The first-order chi connectivity index (χ1) is 16.2. The van der Waals surface area contributed by atoms with Crippen molar-refractivity contribution in [2.24, 2.45) is 0 Å². The zero-order valence-electron chi connectivity index (χ0n) is 17.1. The summed E-state index contributed by atoms with van der Waals surface area (Å²) in [7, 11) is -4.06. The number of carbonyl (C=O) groups is 2. The van der Waals surface area contributed by atoms with E-state index in [0.29, 0.717) is 23.4 Å². The summed E-state index contributed by atoms with van der Waals surface area (Å²) >= 11 is 6.80. The summed E-state index contributed by atoms with van der Waals surface area (Å²) in [5.74, 6) is -1.72. The highest BCUT2D eigenvalue weighted by atomic mass is 35.5. The average molecular weight is 523 g/mol. The van der Waals surface area contributed by atoms with E-state index in [1.54, 1.807) is 12.1 Å². The number of halogens is 1. The van der Waals surface area contributed by atoms with Crippen molar-refractivity contribution >= 4 is 60.7 Å². The number of nitro groups is 1. The van der Waals surface area contributed by atoms with E-state index < -0.39 is 33.4 Å². The molecule has 2 heterocycles. The largest absolute Gasteiger partial charge is 0.452 e. The molecule has 0 fully saturated rings. The van der Waals surface area contributed by atoms with Crippen LogP contribution in [0.15, 0.2) is 53.6 Å². The monoisotopic (exact) mass is 522 g/mol. The number of benzene rings is 2. The molecule has 11 nitrogen and oxygen atoms in total. The van der Waals surface area contributed by atoms with Gasteiger partial charge in [0.2, 0.25) is 0 Å². The van der Waals surface area contributed by atoms with Crippen LogP contribution >= 0.6 is 22.9 Å². The van der Waals surface area contributed by atoms with Gasteiger partial charge in [-0.25, -0.2) is 18.2 Å². The second kappa shape index (κ2) is 9.37. The molecule has 0 radical (unpaired) electrons. The summed E-state index contributed by atoms with van der Waals surface area (Å²) in [6.45, 7) is -0.474. The maximum atomic E-state index is 13.3. The lowest BCUT2D eigenvalue weighted by Gasteiger charge is -2.20. The quantitative estimate of drug-likeness (QED) is 0.282. The number of amides is 1. The minimum atomic E-state index is -4.06. The van der Waals surface area contributed by atoms with Gasteiger partial charge in [0.05, 0.1) is 21.2 Å². The topological polar surface area (TPSA) is 149 Å². The molecule has 1 amide bonds. The number of nitrogens with zero attached hydrogens (tertiary/aromatic N) is 3. The Bertz CT molecular complexity index is 1410. The number of hydrogen-bond acceptors (Lipinski definition) is 9. The summed E-state index contributed by atoms with van der Waals surface area (Å²) in [5, 5.41) is 12.6. The second-order valence-electron chi connectivity index (χ2n) is 6.99. The van der Waals surface area contributed by atoms with Gasteiger partial charge in [-0.1, -0.05) is 29.8 Å². The SMILES string of the molecule is O=C(COC(=O)c1ccc(Cl)c(S(=O)(=O)N2CCc3ccccc32)c1)Nc1ncc([N+](=O)[O-])s1. The summed E-state index contributed by atoms with van der Waals surface area (Å²) < 4.78 is 32.7. The fourth-order valence-corrected chi connectivity index (χ4v) is 5.94. The van der Waals surface area contributed by atoms with E-state index in [4.69, 9.17) is 16.3 Å². The molecule has 0 saturated carbocycles. The molecule has 1 N–H and O–H groups in total. The third kappa shape index (κ3) is 4.71. The molecule has 3 aromatic rings. The van der Waals surface area contributed by atoms with E-state index in [-0.39, 0.29) is 32.2 Å². The summed E-state index contributed by atoms with van der Waals surface area (Å²) in [5.41, 5.74) is 1.31. The number of hydrogen-bond donors (Lipinski definition) is 1. The predicted octanol–water partition coefficient (Wildman–Crippen LogP) is 3.25. The van der Waals surface area contributed by atoms with Gasteiger partial charge in [-0.2, -0.15) is 0 Å². The Kier molecular flexibility index (Phi) is 6.50. The standard InChI is InChI=1S/C20H15ClN4O7S2/c21-14-6-5-13(19(27)32-11-17(26)23-20-22-10-18(33-20)25(28)29)9-16(14)34(30,31)24-8-7-12-3-1-2-4-15(12)24/h1-6,9-10H,7-8,11H2,(H,22,23,26). The van der Waals surface area contributed by atoms with E-state index in [1.165, 1.54) is 16.4 Å². The molecule has 2 aromatic carbocycles. The van der Waals surface area contributed by atoms with Crippen molar-refractivity contribution in [2.45, 2.75) is 11.3 Å². The number of para-hydroxylation sites is 1. The number of aromatic nitrogens is 1. The van der Waals surface area contributed by atoms with Crippen LogP contribution in [0.3, 0.4) is 0 Å². The van der Waals surface area contributed by atoms with Gasteiger partial charge in [0, 0.05) is 6.54 Å². The molecule has 1 aliphatic heterocycles. The fraction of sp³-hybridized carbons (Fsp3) is 0.150. The van der Waals surface area contributed by atoms with Crippen molar-refractivity contribution in [1.29, 1.82) is 0 Å². The lowest BCUT2D eigenvalue weighted by atomic mass is 10.2. The van der Waals surface area contributed by atoms with Gasteiger partial charge in [0.15, 0.2) is 11.7 Å². The van der Waals surface area contributed by atoms with Crippen molar-refractivity contribution in [3.63, 3.8) is 0 Å². The van der Waals surface area contributed by atoms with Crippen molar-refractivity contribution < 1.29 is 27.7 Å². The Morgan fingerprint density at radius 2 is 2.03 bits per heavy atom. The molecule has 1 aliphatic rings. The Labute approximate surface area is 202 Å². The van der Waals surface area contributed by atoms with Crippen LogP contribution in [0.1, 0.15) is 15.9 Å². The van der Waals surface area contributed by atoms with Crippen LogP contribution in [0.2, 0.25) is 5.02 Å². The number of fused-ring (bicyclic) bond motifs is 1. The lowest BCUT2D eigenvalue weighted by molar-refractivity contribution is -0.380. The van der Waals surface area contributed by atoms with Gasteiger partial charge in [-0.15, -0.1) is 0 Å². The van der Waals surface area contributed by atoms with Gasteiger partial charge >= 0.3 is 11.0 Å². The minimum Gasteiger partial charge on any atom is -0.452 e. The first kappa shape index (κ1) is 23.6. The number of ether oxygens (including phenoxy) is 1. The third-order valence-electron chi connectivity index (χ3n) is 4.83. The smallest absolute Gasteiger partial charge is 0.345 e. The first-order valence-corrected chi connectivity index (χ1v) is 12.3. The van der Waals surface area contributed by atoms with E-state index in [2.05, 4.69) is 10.3 Å². The summed E-state index contributed by atoms with van der Waals surface area (Å²) in [6, 6.07) is 10.7. The average Bonchev–Trinajstić information content (AvgIpc) is 3.45. The molecule has 0 atom stereocenters. The maximum absolute atomic E-state index is 13.3. The summed E-state index contributed by atoms with van der Waals surface area (Å²) in [4.78, 5) is 37.9. The molecule has 0 unspecified atom stereocenters. The van der Waals surface area contributed by atoms with Gasteiger partial charge in [0.25, 0.3) is 15.9 Å². The molecule has 14 heteroatoms. The van der Waals surface area contributed by atoms with E-state index >= 15 is 0 Å². The molecule has 1 aromatic heterocycles. The van der Waals surface area contributed by atoms with Crippen LogP contribution < -0.4 is 9.62 Å². The fourth-order valence-electron chi connectivity index (χ4n) is 3.28. The van der Waals surface area contributed by atoms with Crippen molar-refractivity contribution in [3.8, 4) is 0 Å². The van der Waals surface area contributed by atoms with Crippen LogP contribution in [0.4, 0.5) is 15.8 Å². The zero-order chi connectivity index (χ0) is 24.5. The molecule has 0 spiro atoms. The molecule has 0 saturated heterocycles. The van der Waals surface area contributed by atoms with Gasteiger partial charge in [0.1, 0.15) is 11.1 Å². The van der Waals surface area contributed by atoms with E-state index in [0.717, 1.165) is 17.8 Å². The third-order valence-corrected chi connectivity index (χ3v) is 7.99. The van der Waals surface area contributed by atoms with Crippen molar-refractivity contribution in [1.82, 2.24) is 4.98 Å².